The van der Waals surface area contributed by atoms with E-state index in [1.165, 1.54) is 0 Å². The summed E-state index contributed by atoms with van der Waals surface area (Å²) in [7, 11) is -4.11. The summed E-state index contributed by atoms with van der Waals surface area (Å²) < 4.78 is 29.2. The Hall–Kier alpha value is -2.52. The predicted molar refractivity (Wildman–Crippen MR) is 128 cm³/mol. The molecule has 2 aliphatic heterocycles. The van der Waals surface area contributed by atoms with Gasteiger partial charge in [0.25, 0.3) is 10.0 Å². The summed E-state index contributed by atoms with van der Waals surface area (Å²) in [5.74, 6) is 0.988. The molecule has 0 aliphatic carbocycles. The van der Waals surface area contributed by atoms with E-state index in [2.05, 4.69) is 5.32 Å². The molecule has 0 bridgehead atoms. The Labute approximate surface area is 193 Å². The lowest BCUT2D eigenvalue weighted by atomic mass is 10.1. The summed E-state index contributed by atoms with van der Waals surface area (Å²) in [5, 5.41) is 2.79. The topological polar surface area (TPSA) is 86.8 Å². The smallest absolute Gasteiger partial charge is 0.265 e. The van der Waals surface area contributed by atoms with Gasteiger partial charge >= 0.3 is 0 Å². The number of carbonyl (C=O) groups excluding carboxylic acids is 2. The van der Waals surface area contributed by atoms with Gasteiger partial charge in [0.15, 0.2) is 0 Å². The minimum absolute atomic E-state index is 0.180. The van der Waals surface area contributed by atoms with Crippen molar-refractivity contribution >= 4 is 45.0 Å². The average molecular weight is 474 g/mol. The molecule has 7 nitrogen and oxygen atoms in total. The molecule has 170 valence electrons. The highest BCUT2D eigenvalue weighted by Gasteiger charge is 2.43. The maximum atomic E-state index is 14.0. The molecule has 2 amide bonds. The molecule has 2 aromatic carbocycles. The van der Waals surface area contributed by atoms with Crippen molar-refractivity contribution in [3.63, 3.8) is 0 Å². The van der Waals surface area contributed by atoms with E-state index in [9.17, 15) is 18.0 Å². The predicted octanol–water partition coefficient (Wildman–Crippen LogP) is 3.09. The molecular formula is C23H27N3O4S2. The normalized spacial score (nSPS) is 18.8. The molecule has 4 rings (SSSR count). The van der Waals surface area contributed by atoms with Gasteiger partial charge in [-0.3, -0.25) is 13.9 Å². The van der Waals surface area contributed by atoms with Gasteiger partial charge in [0, 0.05) is 24.6 Å². The summed E-state index contributed by atoms with van der Waals surface area (Å²) in [4.78, 5) is 28.0. The van der Waals surface area contributed by atoms with Crippen LogP contribution in [0.25, 0.3) is 0 Å². The lowest BCUT2D eigenvalue weighted by molar-refractivity contribution is -0.133. The molecule has 1 atom stereocenters. The number of fused-ring (bicyclic) bond motifs is 1. The Morgan fingerprint density at radius 2 is 1.72 bits per heavy atom. The zero-order valence-corrected chi connectivity index (χ0v) is 20.1. The first-order valence-corrected chi connectivity index (χ1v) is 13.2. The quantitative estimate of drug-likeness (QED) is 0.737. The summed E-state index contributed by atoms with van der Waals surface area (Å²) >= 11 is 1.78. The van der Waals surface area contributed by atoms with Gasteiger partial charge in [-0.25, -0.2) is 8.42 Å². The van der Waals surface area contributed by atoms with Crippen molar-refractivity contribution < 1.29 is 18.0 Å². The second-order valence-corrected chi connectivity index (χ2v) is 11.2. The largest absolute Gasteiger partial charge is 0.341 e. The van der Waals surface area contributed by atoms with Gasteiger partial charge in [0.05, 0.1) is 22.7 Å². The van der Waals surface area contributed by atoms with Crippen LogP contribution in [0.1, 0.15) is 23.1 Å². The van der Waals surface area contributed by atoms with Crippen LogP contribution >= 0.6 is 11.8 Å². The van der Waals surface area contributed by atoms with E-state index in [-0.39, 0.29) is 17.2 Å². The number of aryl methyl sites for hydroxylation is 3. The minimum Gasteiger partial charge on any atom is -0.341 e. The molecule has 2 aliphatic rings. The first-order chi connectivity index (χ1) is 15.2. The summed E-state index contributed by atoms with van der Waals surface area (Å²) in [6, 6.07) is 9.29. The van der Waals surface area contributed by atoms with E-state index in [0.29, 0.717) is 35.6 Å². The van der Waals surface area contributed by atoms with Gasteiger partial charge in [-0.05, 0) is 44.0 Å². The molecule has 32 heavy (non-hydrogen) atoms. The third-order valence-corrected chi connectivity index (χ3v) is 8.91. The number of carbonyl (C=O) groups is 2. The Bertz CT molecular complexity index is 1150. The zero-order chi connectivity index (χ0) is 23.0. The van der Waals surface area contributed by atoms with Gasteiger partial charge in [-0.2, -0.15) is 11.8 Å². The lowest BCUT2D eigenvalue weighted by Gasteiger charge is -2.38. The van der Waals surface area contributed by atoms with E-state index < -0.39 is 22.0 Å². The van der Waals surface area contributed by atoms with Crippen molar-refractivity contribution in [3.8, 4) is 0 Å². The number of amides is 2. The molecule has 1 unspecified atom stereocenters. The van der Waals surface area contributed by atoms with Crippen molar-refractivity contribution in [3.05, 3.63) is 53.1 Å². The van der Waals surface area contributed by atoms with Crippen LogP contribution in [-0.2, 0) is 19.6 Å². The highest BCUT2D eigenvalue weighted by atomic mass is 32.2. The fourth-order valence-electron chi connectivity index (χ4n) is 4.51. The molecular weight excluding hydrogens is 446 g/mol. The standard InChI is InChI=1S/C23H27N3O4S2/c1-15-12-16(2)22(17(3)13-15)32(29,30)26-19-7-5-4-6-18(19)24-23(28)20(26)14-21(27)25-8-10-31-11-9-25/h4-7,12-13,20H,8-11,14H2,1-3H3,(H,24,28). The molecule has 0 radical (unpaired) electrons. The zero-order valence-electron chi connectivity index (χ0n) is 18.4. The first-order valence-electron chi connectivity index (χ1n) is 10.6. The van der Waals surface area contributed by atoms with Crippen molar-refractivity contribution in [2.45, 2.75) is 38.1 Å². The Morgan fingerprint density at radius 1 is 1.09 bits per heavy atom. The van der Waals surface area contributed by atoms with E-state index >= 15 is 0 Å². The lowest BCUT2D eigenvalue weighted by Crippen LogP contribution is -2.53. The van der Waals surface area contributed by atoms with E-state index in [1.807, 2.05) is 19.1 Å². The Balaban J connectivity index is 1.81. The van der Waals surface area contributed by atoms with Crippen LogP contribution in [-0.4, -0.2) is 55.8 Å². The van der Waals surface area contributed by atoms with Gasteiger partial charge in [-0.15, -0.1) is 0 Å². The van der Waals surface area contributed by atoms with Gasteiger partial charge < -0.3 is 10.2 Å². The van der Waals surface area contributed by atoms with Crippen LogP contribution in [0.15, 0.2) is 41.3 Å². The third kappa shape index (κ3) is 4.11. The molecule has 1 saturated heterocycles. The van der Waals surface area contributed by atoms with Crippen LogP contribution in [0.3, 0.4) is 0 Å². The maximum absolute atomic E-state index is 14.0. The molecule has 2 aromatic rings. The number of anilines is 2. The monoisotopic (exact) mass is 473 g/mol. The Kier molecular flexibility index (Phi) is 6.22. The van der Waals surface area contributed by atoms with Crippen molar-refractivity contribution in [2.75, 3.05) is 34.2 Å². The summed E-state index contributed by atoms with van der Waals surface area (Å²) in [6.07, 6.45) is -0.200. The number of benzene rings is 2. The van der Waals surface area contributed by atoms with E-state index in [4.69, 9.17) is 0 Å². The fourth-order valence-corrected chi connectivity index (χ4v) is 7.47. The molecule has 0 spiro atoms. The van der Waals surface area contributed by atoms with Gasteiger partial charge in [-0.1, -0.05) is 29.8 Å². The number of hydrogen-bond donors (Lipinski definition) is 1. The third-order valence-electron chi connectivity index (χ3n) is 5.84. The second kappa shape index (κ2) is 8.78. The summed E-state index contributed by atoms with van der Waals surface area (Å²) in [5.41, 5.74) is 2.98. The molecule has 2 heterocycles. The number of para-hydroxylation sites is 2. The number of rotatable bonds is 4. The molecule has 0 saturated carbocycles. The number of nitrogens with one attached hydrogen (secondary N) is 1. The van der Waals surface area contributed by atoms with Crippen molar-refractivity contribution in [2.24, 2.45) is 0 Å². The Morgan fingerprint density at radius 3 is 2.38 bits per heavy atom. The van der Waals surface area contributed by atoms with Crippen molar-refractivity contribution in [1.29, 1.82) is 0 Å². The van der Waals surface area contributed by atoms with Crippen LogP contribution in [0.2, 0.25) is 0 Å². The van der Waals surface area contributed by atoms with Crippen molar-refractivity contribution in [1.82, 2.24) is 4.90 Å². The highest BCUT2D eigenvalue weighted by Crippen LogP contribution is 2.39. The van der Waals surface area contributed by atoms with Crippen LogP contribution in [0.5, 0.6) is 0 Å². The molecule has 9 heteroatoms. The summed E-state index contributed by atoms with van der Waals surface area (Å²) in [6.45, 7) is 6.65. The minimum atomic E-state index is -4.11. The number of hydrogen-bond acceptors (Lipinski definition) is 5. The number of nitrogens with zero attached hydrogens (tertiary/aromatic N) is 2. The average Bonchev–Trinajstić information content (AvgIpc) is 2.73. The SMILES string of the molecule is Cc1cc(C)c(S(=O)(=O)N2c3ccccc3NC(=O)C2CC(=O)N2CCSCC2)c(C)c1. The van der Waals surface area contributed by atoms with E-state index in [0.717, 1.165) is 21.4 Å². The van der Waals surface area contributed by atoms with Crippen LogP contribution in [0.4, 0.5) is 11.4 Å². The van der Waals surface area contributed by atoms with Gasteiger partial charge in [0.1, 0.15) is 6.04 Å². The first kappa shape index (κ1) is 22.7. The molecule has 1 fully saturated rings. The maximum Gasteiger partial charge on any atom is 0.265 e. The number of sulfonamides is 1. The number of thioether (sulfide) groups is 1. The van der Waals surface area contributed by atoms with Gasteiger partial charge in [0.2, 0.25) is 11.8 Å². The fraction of sp³-hybridized carbons (Fsp3) is 0.391. The molecule has 0 aromatic heterocycles. The van der Waals surface area contributed by atoms with Crippen LogP contribution in [0, 0.1) is 20.8 Å². The second-order valence-electron chi connectivity index (χ2n) is 8.25. The van der Waals surface area contributed by atoms with E-state index in [1.54, 1.807) is 54.8 Å². The highest BCUT2D eigenvalue weighted by molar-refractivity contribution is 7.99. The van der Waals surface area contributed by atoms with Crippen LogP contribution < -0.4 is 9.62 Å². The molecule has 1 N–H and O–H groups in total.